The Balaban J connectivity index is 1.49. The Morgan fingerprint density at radius 1 is 1.15 bits per heavy atom. The molecule has 4 aliphatic rings. The highest BCUT2D eigenvalue weighted by atomic mass is 32.2. The van der Waals surface area contributed by atoms with Gasteiger partial charge in [-0.2, -0.15) is 13.1 Å². The van der Waals surface area contributed by atoms with Crippen LogP contribution in [0.15, 0.2) is 18.2 Å². The molecule has 0 aliphatic heterocycles. The van der Waals surface area contributed by atoms with Gasteiger partial charge in [-0.15, -0.1) is 0 Å². The van der Waals surface area contributed by atoms with E-state index >= 15 is 0 Å². The summed E-state index contributed by atoms with van der Waals surface area (Å²) in [5.41, 5.74) is 2.51. The standard InChI is InChI=1S/C21H29NO4S/c1-19-8-7-17-16-5-4-15(26-27(24,25)22-2)13-14(16)3-6-18(17)20(19)9-11-21(19,23)12-10-20/h4-5,13,17-18,22-23H,3,6-12H2,1-2H3/t17-,18-,19+,20-,21+/m1/s1. The van der Waals surface area contributed by atoms with E-state index in [2.05, 4.69) is 17.7 Å². The van der Waals surface area contributed by atoms with Crippen molar-refractivity contribution in [3.8, 4) is 5.75 Å². The molecule has 3 fully saturated rings. The summed E-state index contributed by atoms with van der Waals surface area (Å²) in [5.74, 6) is 1.54. The maximum Gasteiger partial charge on any atom is 0.382 e. The average molecular weight is 392 g/mol. The molecule has 0 amide bonds. The van der Waals surface area contributed by atoms with Gasteiger partial charge in [-0.1, -0.05) is 13.0 Å². The Bertz CT molecular complexity index is 887. The van der Waals surface area contributed by atoms with Gasteiger partial charge >= 0.3 is 10.3 Å². The minimum atomic E-state index is -3.74. The fourth-order valence-corrected chi connectivity index (χ4v) is 7.95. The minimum absolute atomic E-state index is 0.0720. The van der Waals surface area contributed by atoms with Gasteiger partial charge in [0.05, 0.1) is 5.60 Å². The van der Waals surface area contributed by atoms with Crippen LogP contribution in [0.1, 0.15) is 68.9 Å². The fourth-order valence-electron chi connectivity index (χ4n) is 7.51. The highest BCUT2D eigenvalue weighted by Gasteiger charge is 2.73. The molecule has 27 heavy (non-hydrogen) atoms. The second kappa shape index (κ2) is 5.49. The molecule has 4 aliphatic carbocycles. The lowest BCUT2D eigenvalue weighted by molar-refractivity contribution is -0.101. The van der Waals surface area contributed by atoms with E-state index in [9.17, 15) is 13.5 Å². The maximum atomic E-state index is 11.7. The number of fused-ring (bicyclic) bond motifs is 3. The molecule has 0 radical (unpaired) electrons. The normalized spacial score (nSPS) is 42.3. The second-order valence-electron chi connectivity index (χ2n) is 9.41. The minimum Gasteiger partial charge on any atom is -0.389 e. The van der Waals surface area contributed by atoms with Crippen molar-refractivity contribution in [3.05, 3.63) is 29.3 Å². The first-order valence-electron chi connectivity index (χ1n) is 10.2. The van der Waals surface area contributed by atoms with Crippen molar-refractivity contribution in [3.63, 3.8) is 0 Å². The Labute approximate surface area is 161 Å². The molecular formula is C21H29NO4S. The number of hydrogen-bond acceptors (Lipinski definition) is 4. The van der Waals surface area contributed by atoms with Crippen molar-refractivity contribution in [2.45, 2.75) is 69.8 Å². The van der Waals surface area contributed by atoms with Crippen LogP contribution in [0, 0.1) is 16.7 Å². The Kier molecular flexibility index (Phi) is 3.65. The summed E-state index contributed by atoms with van der Waals surface area (Å²) in [7, 11) is -2.39. The monoisotopic (exact) mass is 391 g/mol. The predicted octanol–water partition coefficient (Wildman–Crippen LogP) is 3.28. The number of nitrogens with one attached hydrogen (secondary N) is 1. The van der Waals surface area contributed by atoms with Gasteiger partial charge in [0.25, 0.3) is 0 Å². The second-order valence-corrected chi connectivity index (χ2v) is 10.9. The summed E-state index contributed by atoms with van der Waals surface area (Å²) in [6.45, 7) is 2.36. The van der Waals surface area contributed by atoms with Crippen LogP contribution in [0.2, 0.25) is 0 Å². The smallest absolute Gasteiger partial charge is 0.382 e. The molecule has 1 aromatic rings. The molecule has 0 aromatic heterocycles. The lowest BCUT2D eigenvalue weighted by Crippen LogP contribution is -2.51. The summed E-state index contributed by atoms with van der Waals surface area (Å²) < 4.78 is 30.7. The maximum absolute atomic E-state index is 11.7. The summed E-state index contributed by atoms with van der Waals surface area (Å²) >= 11 is 0. The Hall–Kier alpha value is -1.11. The molecule has 2 N–H and O–H groups in total. The van der Waals surface area contributed by atoms with Crippen molar-refractivity contribution in [1.82, 2.24) is 4.72 Å². The molecule has 6 heteroatoms. The van der Waals surface area contributed by atoms with Crippen LogP contribution in [-0.4, -0.2) is 26.2 Å². The largest absolute Gasteiger partial charge is 0.389 e. The topological polar surface area (TPSA) is 75.6 Å². The van der Waals surface area contributed by atoms with Crippen LogP contribution >= 0.6 is 0 Å². The van der Waals surface area contributed by atoms with Gasteiger partial charge in [0.15, 0.2) is 0 Å². The molecule has 0 unspecified atom stereocenters. The van der Waals surface area contributed by atoms with Crippen LogP contribution in [0.25, 0.3) is 0 Å². The van der Waals surface area contributed by atoms with Crippen LogP contribution in [0.4, 0.5) is 0 Å². The first kappa shape index (κ1) is 18.0. The number of rotatable bonds is 3. The fraction of sp³-hybridized carbons (Fsp3) is 0.714. The molecule has 2 bridgehead atoms. The van der Waals surface area contributed by atoms with Crippen molar-refractivity contribution in [2.75, 3.05) is 7.05 Å². The van der Waals surface area contributed by atoms with E-state index in [4.69, 9.17) is 4.18 Å². The SMILES string of the molecule is CNS(=O)(=O)Oc1ccc2c(c1)CC[C@@H]1[C@@H]2CC[C@]2(C)[C@]3(O)CC[C@@]12CC3. The Morgan fingerprint density at radius 2 is 1.89 bits per heavy atom. The highest BCUT2D eigenvalue weighted by molar-refractivity contribution is 7.85. The van der Waals surface area contributed by atoms with Crippen LogP contribution in [0.5, 0.6) is 5.75 Å². The third-order valence-corrected chi connectivity index (χ3v) is 9.85. The van der Waals surface area contributed by atoms with Crippen LogP contribution < -0.4 is 8.91 Å². The van der Waals surface area contributed by atoms with Crippen molar-refractivity contribution < 1.29 is 17.7 Å². The van der Waals surface area contributed by atoms with E-state index in [1.165, 1.54) is 18.2 Å². The number of benzene rings is 1. The average Bonchev–Trinajstić information content (AvgIpc) is 3.02. The quantitative estimate of drug-likeness (QED) is 0.829. The summed E-state index contributed by atoms with van der Waals surface area (Å²) in [6, 6.07) is 5.79. The van der Waals surface area contributed by atoms with Gasteiger partial charge in [-0.3, -0.25) is 0 Å². The predicted molar refractivity (Wildman–Crippen MR) is 103 cm³/mol. The molecule has 3 saturated carbocycles. The molecule has 5 rings (SSSR count). The molecule has 148 valence electrons. The van der Waals surface area contributed by atoms with E-state index in [-0.39, 0.29) is 10.8 Å². The lowest BCUT2D eigenvalue weighted by atomic mass is 9.48. The van der Waals surface area contributed by atoms with Gasteiger partial charge in [0.1, 0.15) is 5.75 Å². The lowest BCUT2D eigenvalue weighted by Gasteiger charge is -2.56. The molecule has 0 heterocycles. The van der Waals surface area contributed by atoms with Crippen molar-refractivity contribution in [1.29, 1.82) is 0 Å². The molecule has 0 saturated heterocycles. The summed E-state index contributed by atoms with van der Waals surface area (Å²) in [6.07, 6.45) is 8.57. The van der Waals surface area contributed by atoms with E-state index < -0.39 is 15.9 Å². The Morgan fingerprint density at radius 3 is 2.59 bits per heavy atom. The molecule has 3 atom stereocenters. The third-order valence-electron chi connectivity index (χ3n) is 8.94. The van der Waals surface area contributed by atoms with Crippen molar-refractivity contribution >= 4 is 10.3 Å². The number of hydrogen-bond donors (Lipinski definition) is 2. The van der Waals surface area contributed by atoms with E-state index in [0.29, 0.717) is 17.6 Å². The van der Waals surface area contributed by atoms with Gasteiger partial charge in [-0.05, 0) is 91.9 Å². The van der Waals surface area contributed by atoms with Gasteiger partial charge in [0.2, 0.25) is 0 Å². The van der Waals surface area contributed by atoms with Gasteiger partial charge in [0, 0.05) is 12.5 Å². The van der Waals surface area contributed by atoms with E-state index in [1.807, 2.05) is 6.07 Å². The van der Waals surface area contributed by atoms with Gasteiger partial charge < -0.3 is 9.29 Å². The highest BCUT2D eigenvalue weighted by Crippen LogP contribution is 2.77. The molecule has 1 aromatic carbocycles. The first-order chi connectivity index (χ1) is 12.7. The van der Waals surface area contributed by atoms with Crippen LogP contribution in [0.3, 0.4) is 0 Å². The van der Waals surface area contributed by atoms with E-state index in [1.54, 1.807) is 6.07 Å². The number of aryl methyl sites for hydroxylation is 1. The van der Waals surface area contributed by atoms with Gasteiger partial charge in [-0.25, -0.2) is 0 Å². The van der Waals surface area contributed by atoms with E-state index in [0.717, 1.165) is 51.4 Å². The third kappa shape index (κ3) is 2.21. The molecular weight excluding hydrogens is 362 g/mol. The first-order valence-corrected chi connectivity index (χ1v) is 11.6. The summed E-state index contributed by atoms with van der Waals surface area (Å²) in [5, 5.41) is 11.3. The zero-order valence-electron chi connectivity index (χ0n) is 16.1. The van der Waals surface area contributed by atoms with Crippen molar-refractivity contribution in [2.24, 2.45) is 16.7 Å². The van der Waals surface area contributed by atoms with Crippen LogP contribution in [-0.2, 0) is 16.7 Å². The molecule has 5 nitrogen and oxygen atoms in total. The number of aliphatic hydroxyl groups is 1. The summed E-state index contributed by atoms with van der Waals surface area (Å²) in [4.78, 5) is 0. The zero-order chi connectivity index (χ0) is 19.1. The zero-order valence-corrected chi connectivity index (χ0v) is 16.9. The molecule has 0 spiro atoms.